The first-order chi connectivity index (χ1) is 8.55. The topological polar surface area (TPSA) is 0 Å². The molecule has 0 nitrogen and oxygen atoms in total. The molecule has 0 aliphatic heterocycles. The van der Waals surface area contributed by atoms with Crippen LogP contribution in [0.2, 0.25) is 0 Å². The molecule has 0 atom stereocenters. The number of halogens is 3. The van der Waals surface area contributed by atoms with E-state index in [4.69, 9.17) is 0 Å². The predicted molar refractivity (Wildman–Crippen MR) is 68.7 cm³/mol. The summed E-state index contributed by atoms with van der Waals surface area (Å²) in [4.78, 5) is 0. The van der Waals surface area contributed by atoms with Crippen molar-refractivity contribution in [1.82, 2.24) is 0 Å². The van der Waals surface area contributed by atoms with Crippen molar-refractivity contribution in [3.8, 4) is 0 Å². The fourth-order valence-electron chi connectivity index (χ4n) is 1.27. The van der Waals surface area contributed by atoms with Gasteiger partial charge in [0.15, 0.2) is 0 Å². The Morgan fingerprint density at radius 2 is 1.17 bits per heavy atom. The first-order valence-corrected chi connectivity index (χ1v) is 11.2. The van der Waals surface area contributed by atoms with Crippen molar-refractivity contribution >= 4 is 35.2 Å². The summed E-state index contributed by atoms with van der Waals surface area (Å²) in [6.07, 6.45) is -4.24. The Balaban J connectivity index is 1.99. The van der Waals surface area contributed by atoms with E-state index in [2.05, 4.69) is 12.1 Å². The molecule has 0 radical (unpaired) electrons. The van der Waals surface area contributed by atoms with Gasteiger partial charge < -0.3 is 0 Å². The third kappa shape index (κ3) is 3.89. The van der Waals surface area contributed by atoms with Crippen molar-refractivity contribution in [1.29, 1.82) is 0 Å². The number of hydrogen-bond acceptors (Lipinski definition) is 0. The number of benzene rings is 2. The van der Waals surface area contributed by atoms with Crippen LogP contribution < -0.4 is 8.92 Å². The van der Waals surface area contributed by atoms with Gasteiger partial charge in [0.25, 0.3) is 0 Å². The Morgan fingerprint density at radius 3 is 1.67 bits per heavy atom. The van der Waals surface area contributed by atoms with Gasteiger partial charge in [-0.2, -0.15) is 0 Å². The summed E-state index contributed by atoms with van der Waals surface area (Å²) in [5, 5.41) is 0. The zero-order valence-corrected chi connectivity index (χ0v) is 12.6. The van der Waals surface area contributed by atoms with Gasteiger partial charge in [-0.25, -0.2) is 0 Å². The summed E-state index contributed by atoms with van der Waals surface area (Å²) in [5.74, 6) is 0. The molecule has 2 aromatic rings. The first-order valence-electron chi connectivity index (χ1n) is 5.12. The van der Waals surface area contributed by atoms with E-state index in [1.54, 1.807) is 12.1 Å². The van der Waals surface area contributed by atoms with Gasteiger partial charge in [-0.1, -0.05) is 0 Å². The molecule has 2 aromatic carbocycles. The molecule has 0 unspecified atom stereocenters. The summed E-state index contributed by atoms with van der Waals surface area (Å²) in [7, 11) is 0. The van der Waals surface area contributed by atoms with Crippen LogP contribution in [0.1, 0.15) is 5.56 Å². The molecule has 5 heteroatoms. The SMILES string of the molecule is FC(F)(F)c1ccc([Se][Se]c2ccccc2)cc1. The summed E-state index contributed by atoms with van der Waals surface area (Å²) in [5.41, 5.74) is -0.575. The molecule has 0 heterocycles. The van der Waals surface area contributed by atoms with Crippen molar-refractivity contribution in [2.45, 2.75) is 6.18 Å². The third-order valence-corrected chi connectivity index (χ3v) is 9.39. The average Bonchev–Trinajstić information content (AvgIpc) is 2.37. The zero-order chi connectivity index (χ0) is 13.0. The van der Waals surface area contributed by atoms with E-state index in [-0.39, 0.29) is 13.1 Å². The Morgan fingerprint density at radius 1 is 0.667 bits per heavy atom. The number of rotatable bonds is 3. The van der Waals surface area contributed by atoms with Crippen molar-refractivity contribution in [3.05, 3.63) is 60.2 Å². The van der Waals surface area contributed by atoms with Gasteiger partial charge in [0, 0.05) is 0 Å². The second-order valence-electron chi connectivity index (χ2n) is 3.50. The van der Waals surface area contributed by atoms with Crippen molar-refractivity contribution in [2.75, 3.05) is 0 Å². The standard InChI is InChI=1S/C13H9F3Se2/c14-13(15,16)10-6-8-12(9-7-10)18-17-11-4-2-1-3-5-11/h1-9H. The molecule has 0 saturated carbocycles. The van der Waals surface area contributed by atoms with E-state index in [9.17, 15) is 13.2 Å². The minimum absolute atomic E-state index is 0.235. The van der Waals surface area contributed by atoms with Crippen molar-refractivity contribution in [3.63, 3.8) is 0 Å². The maximum absolute atomic E-state index is 12.4. The summed E-state index contributed by atoms with van der Waals surface area (Å²) in [6, 6.07) is 15.6. The Bertz CT molecular complexity index is 492. The van der Waals surface area contributed by atoms with Crippen LogP contribution >= 0.6 is 0 Å². The minimum atomic E-state index is -4.24. The van der Waals surface area contributed by atoms with Crippen LogP contribution in [0.4, 0.5) is 13.2 Å². The molecule has 0 aliphatic rings. The molecule has 0 N–H and O–H groups in total. The molecule has 18 heavy (non-hydrogen) atoms. The van der Waals surface area contributed by atoms with Crippen LogP contribution in [0.15, 0.2) is 54.6 Å². The van der Waals surface area contributed by atoms with E-state index in [1.165, 1.54) is 4.46 Å². The second-order valence-corrected chi connectivity index (χ2v) is 9.81. The van der Waals surface area contributed by atoms with E-state index >= 15 is 0 Å². The molecule has 94 valence electrons. The van der Waals surface area contributed by atoms with Crippen molar-refractivity contribution in [2.24, 2.45) is 0 Å². The van der Waals surface area contributed by atoms with Crippen LogP contribution in [-0.2, 0) is 6.18 Å². The van der Waals surface area contributed by atoms with Crippen LogP contribution in [0.25, 0.3) is 0 Å². The van der Waals surface area contributed by atoms with Gasteiger partial charge in [0.2, 0.25) is 0 Å². The van der Waals surface area contributed by atoms with Crippen LogP contribution in [-0.4, -0.2) is 26.3 Å². The summed E-state index contributed by atoms with van der Waals surface area (Å²) in [6.45, 7) is 0. The third-order valence-electron chi connectivity index (χ3n) is 2.16. The molecular formula is C13H9F3Se2. The Hall–Kier alpha value is -0.731. The van der Waals surface area contributed by atoms with Crippen LogP contribution in [0.3, 0.4) is 0 Å². The second kappa shape index (κ2) is 5.94. The Labute approximate surface area is 114 Å². The summed E-state index contributed by atoms with van der Waals surface area (Å²) >= 11 is 0.562. The Kier molecular flexibility index (Phi) is 4.52. The van der Waals surface area contributed by atoms with Crippen LogP contribution in [0.5, 0.6) is 0 Å². The maximum atomic E-state index is 12.4. The molecule has 0 amide bonds. The van der Waals surface area contributed by atoms with Crippen molar-refractivity contribution < 1.29 is 13.2 Å². The molecule has 0 fully saturated rings. The molecule has 0 spiro atoms. The number of hydrogen-bond donors (Lipinski definition) is 0. The van der Waals surface area contributed by atoms with E-state index in [1.807, 2.05) is 18.2 Å². The van der Waals surface area contributed by atoms with E-state index < -0.39 is 11.7 Å². The monoisotopic (exact) mass is 382 g/mol. The average molecular weight is 380 g/mol. The van der Waals surface area contributed by atoms with Gasteiger partial charge >= 0.3 is 115 Å². The van der Waals surface area contributed by atoms with Gasteiger partial charge in [-0.15, -0.1) is 0 Å². The van der Waals surface area contributed by atoms with Gasteiger partial charge in [-0.3, -0.25) is 0 Å². The van der Waals surface area contributed by atoms with E-state index in [0.29, 0.717) is 13.1 Å². The fourth-order valence-corrected chi connectivity index (χ4v) is 7.28. The normalized spacial score (nSPS) is 11.5. The first kappa shape index (κ1) is 13.7. The van der Waals surface area contributed by atoms with Gasteiger partial charge in [-0.05, 0) is 0 Å². The molecule has 2 rings (SSSR count). The summed E-state index contributed by atoms with van der Waals surface area (Å²) < 4.78 is 39.4. The predicted octanol–water partition coefficient (Wildman–Crippen LogP) is 1.98. The molecule has 0 aliphatic carbocycles. The van der Waals surface area contributed by atoms with Crippen LogP contribution in [0, 0.1) is 0 Å². The quantitative estimate of drug-likeness (QED) is 0.715. The molecule has 0 aromatic heterocycles. The molecule has 0 bridgehead atoms. The van der Waals surface area contributed by atoms with E-state index in [0.717, 1.165) is 16.6 Å². The molecule has 0 saturated heterocycles. The number of alkyl halides is 3. The van der Waals surface area contributed by atoms with Gasteiger partial charge in [0.1, 0.15) is 0 Å². The zero-order valence-electron chi connectivity index (χ0n) is 9.15. The molecular weight excluding hydrogens is 371 g/mol. The fraction of sp³-hybridized carbons (Fsp3) is 0.0769. The van der Waals surface area contributed by atoms with Gasteiger partial charge in [0.05, 0.1) is 0 Å².